The summed E-state index contributed by atoms with van der Waals surface area (Å²) in [5.41, 5.74) is 3.04. The van der Waals surface area contributed by atoms with Crippen molar-refractivity contribution in [2.75, 3.05) is 45.7 Å². The van der Waals surface area contributed by atoms with Crippen molar-refractivity contribution in [3.05, 3.63) is 77.9 Å². The molecule has 4 nitrogen and oxygen atoms in total. The first-order chi connectivity index (χ1) is 14.8. The second kappa shape index (κ2) is 10.6. The highest BCUT2D eigenvalue weighted by atomic mass is 32.2. The zero-order valence-electron chi connectivity index (χ0n) is 17.4. The fourth-order valence-electron chi connectivity index (χ4n) is 3.73. The van der Waals surface area contributed by atoms with E-state index >= 15 is 0 Å². The van der Waals surface area contributed by atoms with Crippen LogP contribution < -0.4 is 0 Å². The van der Waals surface area contributed by atoms with Crippen LogP contribution in [0.25, 0.3) is 10.8 Å². The van der Waals surface area contributed by atoms with E-state index in [2.05, 4.69) is 83.0 Å². The third kappa shape index (κ3) is 5.22. The average molecular weight is 421 g/mol. The van der Waals surface area contributed by atoms with Gasteiger partial charge in [0.25, 0.3) is 0 Å². The fourth-order valence-corrected chi connectivity index (χ4v) is 4.13. The maximum absolute atomic E-state index is 5.83. The van der Waals surface area contributed by atoms with Crippen molar-refractivity contribution < 1.29 is 9.57 Å². The van der Waals surface area contributed by atoms with Crippen LogP contribution >= 0.6 is 11.8 Å². The predicted molar refractivity (Wildman–Crippen MR) is 126 cm³/mol. The maximum Gasteiger partial charge on any atom is 0.118 e. The van der Waals surface area contributed by atoms with E-state index < -0.39 is 0 Å². The Kier molecular flexibility index (Phi) is 7.40. The Bertz CT molecular complexity index is 977. The van der Waals surface area contributed by atoms with Gasteiger partial charge in [0.15, 0.2) is 0 Å². The van der Waals surface area contributed by atoms with E-state index in [1.807, 2.05) is 0 Å². The number of benzene rings is 3. The second-order valence-corrected chi connectivity index (χ2v) is 8.22. The summed E-state index contributed by atoms with van der Waals surface area (Å²) >= 11 is 1.74. The van der Waals surface area contributed by atoms with E-state index in [9.17, 15) is 0 Å². The number of hydrogen-bond acceptors (Lipinski definition) is 5. The molecule has 1 heterocycles. The average Bonchev–Trinajstić information content (AvgIpc) is 2.82. The number of hydrogen-bond donors (Lipinski definition) is 0. The molecule has 3 aromatic rings. The molecule has 0 atom stereocenters. The molecule has 0 unspecified atom stereocenters. The molecular weight excluding hydrogens is 392 g/mol. The Morgan fingerprint density at radius 1 is 1.00 bits per heavy atom. The van der Waals surface area contributed by atoms with Crippen molar-refractivity contribution in [3.8, 4) is 0 Å². The topological polar surface area (TPSA) is 34.1 Å². The van der Waals surface area contributed by atoms with E-state index in [0.717, 1.165) is 56.1 Å². The fraction of sp³-hybridized carbons (Fsp3) is 0.320. The van der Waals surface area contributed by atoms with Gasteiger partial charge < -0.3 is 9.57 Å². The van der Waals surface area contributed by atoms with Crippen LogP contribution in [0.2, 0.25) is 0 Å². The molecule has 3 aromatic carbocycles. The number of nitrogens with zero attached hydrogens (tertiary/aromatic N) is 2. The largest absolute Gasteiger partial charge is 0.395 e. The maximum atomic E-state index is 5.83. The summed E-state index contributed by atoms with van der Waals surface area (Å²) in [7, 11) is 0. The van der Waals surface area contributed by atoms with Crippen molar-refractivity contribution in [1.82, 2.24) is 4.90 Å². The van der Waals surface area contributed by atoms with Crippen LogP contribution in [-0.2, 0) is 9.57 Å². The lowest BCUT2D eigenvalue weighted by Gasteiger charge is -2.26. The van der Waals surface area contributed by atoms with Crippen LogP contribution in [0.4, 0.5) is 0 Å². The molecule has 0 N–H and O–H groups in total. The van der Waals surface area contributed by atoms with Crippen molar-refractivity contribution in [1.29, 1.82) is 0 Å². The van der Waals surface area contributed by atoms with Crippen LogP contribution in [0.1, 0.15) is 17.5 Å². The van der Waals surface area contributed by atoms with Crippen LogP contribution in [-0.4, -0.2) is 56.3 Å². The number of oxime groups is 1. The number of morpholine rings is 1. The van der Waals surface area contributed by atoms with Crippen molar-refractivity contribution >= 4 is 28.2 Å². The molecule has 30 heavy (non-hydrogen) atoms. The molecule has 1 aliphatic heterocycles. The minimum absolute atomic E-state index is 0.606. The first-order valence-corrected chi connectivity index (χ1v) is 11.7. The first-order valence-electron chi connectivity index (χ1n) is 10.5. The lowest BCUT2D eigenvalue weighted by Crippen LogP contribution is -2.37. The molecule has 0 amide bonds. The summed E-state index contributed by atoms with van der Waals surface area (Å²) < 4.78 is 5.41. The number of ether oxygens (including phenoxy) is 1. The Labute approximate surface area is 182 Å². The summed E-state index contributed by atoms with van der Waals surface area (Å²) in [6.07, 6.45) is 3.05. The third-order valence-electron chi connectivity index (χ3n) is 5.38. The number of thioether (sulfide) groups is 1. The zero-order chi connectivity index (χ0) is 20.6. The molecule has 5 heteroatoms. The van der Waals surface area contributed by atoms with Crippen LogP contribution in [0.15, 0.2) is 76.8 Å². The van der Waals surface area contributed by atoms with Crippen molar-refractivity contribution in [2.45, 2.75) is 11.3 Å². The number of fused-ring (bicyclic) bond motifs is 1. The Balaban J connectivity index is 1.54. The Morgan fingerprint density at radius 3 is 2.57 bits per heavy atom. The molecule has 0 aliphatic carbocycles. The summed E-state index contributed by atoms with van der Waals surface area (Å²) in [6.45, 7) is 5.30. The van der Waals surface area contributed by atoms with Gasteiger partial charge in [0.2, 0.25) is 0 Å². The van der Waals surface area contributed by atoms with Crippen LogP contribution in [0, 0.1) is 0 Å². The highest BCUT2D eigenvalue weighted by Crippen LogP contribution is 2.24. The van der Waals surface area contributed by atoms with Gasteiger partial charge in [-0.25, -0.2) is 0 Å². The minimum Gasteiger partial charge on any atom is -0.395 e. The molecule has 0 radical (unpaired) electrons. The van der Waals surface area contributed by atoms with E-state index in [-0.39, 0.29) is 0 Å². The summed E-state index contributed by atoms with van der Waals surface area (Å²) in [6, 6.07) is 23.3. The van der Waals surface area contributed by atoms with Gasteiger partial charge in [-0.3, -0.25) is 4.90 Å². The van der Waals surface area contributed by atoms with Gasteiger partial charge in [0.05, 0.1) is 13.2 Å². The van der Waals surface area contributed by atoms with Crippen LogP contribution in [0.5, 0.6) is 0 Å². The van der Waals surface area contributed by atoms with Gasteiger partial charge in [0.1, 0.15) is 12.3 Å². The van der Waals surface area contributed by atoms with Gasteiger partial charge in [-0.2, -0.15) is 0 Å². The van der Waals surface area contributed by atoms with E-state index in [4.69, 9.17) is 9.57 Å². The van der Waals surface area contributed by atoms with E-state index in [1.165, 1.54) is 15.7 Å². The molecule has 1 fully saturated rings. The molecule has 0 saturated carbocycles. The highest BCUT2D eigenvalue weighted by molar-refractivity contribution is 7.98. The molecule has 4 rings (SSSR count). The van der Waals surface area contributed by atoms with Crippen LogP contribution in [0.3, 0.4) is 0 Å². The van der Waals surface area contributed by atoms with Gasteiger partial charge in [0, 0.05) is 35.7 Å². The van der Waals surface area contributed by atoms with Crippen molar-refractivity contribution in [3.63, 3.8) is 0 Å². The lowest BCUT2D eigenvalue weighted by molar-refractivity contribution is 0.0323. The highest BCUT2D eigenvalue weighted by Gasteiger charge is 2.13. The lowest BCUT2D eigenvalue weighted by atomic mass is 9.97. The molecule has 0 aromatic heterocycles. The smallest absolute Gasteiger partial charge is 0.118 e. The standard InChI is InChI=1S/C25H28N2O2S/c1-30-22-12-10-21(11-13-22)25(24-9-4-7-20-6-2-3-8-23(20)24)26-29-17-5-14-27-15-18-28-19-16-27/h2-4,6-13H,5,14-19H2,1H3/b26-25+. The molecule has 1 aliphatic rings. The monoisotopic (exact) mass is 420 g/mol. The SMILES string of the molecule is CSc1ccc(/C(=N\OCCCN2CCOCC2)c2cccc3ccccc23)cc1. The van der Waals surface area contributed by atoms with Gasteiger partial charge in [-0.15, -0.1) is 11.8 Å². The first kappa shape index (κ1) is 20.9. The molecular formula is C25H28N2O2S. The zero-order valence-corrected chi connectivity index (χ0v) is 18.2. The Morgan fingerprint density at radius 2 is 1.77 bits per heavy atom. The van der Waals surface area contributed by atoms with Crippen molar-refractivity contribution in [2.24, 2.45) is 5.16 Å². The van der Waals surface area contributed by atoms with Gasteiger partial charge in [-0.1, -0.05) is 59.8 Å². The molecule has 0 bridgehead atoms. The third-order valence-corrected chi connectivity index (χ3v) is 6.12. The van der Waals surface area contributed by atoms with Gasteiger partial charge in [-0.05, 0) is 35.6 Å². The van der Waals surface area contributed by atoms with E-state index in [1.54, 1.807) is 11.8 Å². The second-order valence-electron chi connectivity index (χ2n) is 7.34. The quantitative estimate of drug-likeness (QED) is 0.221. The molecule has 156 valence electrons. The normalized spacial score (nSPS) is 15.4. The summed E-state index contributed by atoms with van der Waals surface area (Å²) in [5.74, 6) is 0. The number of rotatable bonds is 8. The minimum atomic E-state index is 0.606. The van der Waals surface area contributed by atoms with Gasteiger partial charge >= 0.3 is 0 Å². The summed E-state index contributed by atoms with van der Waals surface area (Å²) in [5, 5.41) is 7.01. The summed E-state index contributed by atoms with van der Waals surface area (Å²) in [4.78, 5) is 9.48. The Hall–Kier alpha value is -2.34. The van der Waals surface area contributed by atoms with E-state index in [0.29, 0.717) is 6.61 Å². The molecule has 1 saturated heterocycles. The predicted octanol–water partition coefficient (Wildman–Crippen LogP) is 5.05. The molecule has 0 spiro atoms.